The standard InChI is InChI=1S/C17H13N3O3S/c1-10-9-24-16(20-10)12(6-18)15(21)8-23-17(22)13-7-19-14-5-3-2-4-11(13)14/h2-5,7,9,12,19H,8H2,1H3/t12-/m1/s1. The first-order chi connectivity index (χ1) is 11.6. The van der Waals surface area contributed by atoms with E-state index in [0.717, 1.165) is 16.6 Å². The lowest BCUT2D eigenvalue weighted by Crippen LogP contribution is -2.19. The van der Waals surface area contributed by atoms with Crippen LogP contribution in [0.2, 0.25) is 0 Å². The fourth-order valence-corrected chi connectivity index (χ4v) is 3.17. The number of carbonyl (C=O) groups is 2. The monoisotopic (exact) mass is 339 g/mol. The van der Waals surface area contributed by atoms with Crippen molar-refractivity contribution in [2.24, 2.45) is 0 Å². The molecular weight excluding hydrogens is 326 g/mol. The van der Waals surface area contributed by atoms with Crippen molar-refractivity contribution in [3.05, 3.63) is 52.1 Å². The molecule has 1 aromatic carbocycles. The highest BCUT2D eigenvalue weighted by atomic mass is 32.1. The maximum absolute atomic E-state index is 12.2. The Morgan fingerprint density at radius 1 is 1.42 bits per heavy atom. The van der Waals surface area contributed by atoms with Gasteiger partial charge < -0.3 is 9.72 Å². The second-order valence-corrected chi connectivity index (χ2v) is 6.07. The molecule has 0 aliphatic carbocycles. The van der Waals surface area contributed by atoms with Gasteiger partial charge in [0.05, 0.1) is 11.6 Å². The van der Waals surface area contributed by atoms with Crippen molar-refractivity contribution in [2.75, 3.05) is 6.61 Å². The van der Waals surface area contributed by atoms with Gasteiger partial charge in [0.1, 0.15) is 5.01 Å². The largest absolute Gasteiger partial charge is 0.454 e. The Kier molecular flexibility index (Phi) is 4.40. The number of esters is 1. The van der Waals surface area contributed by atoms with Crippen LogP contribution >= 0.6 is 11.3 Å². The van der Waals surface area contributed by atoms with Crippen LogP contribution in [0.1, 0.15) is 27.0 Å². The molecule has 0 saturated carbocycles. The van der Waals surface area contributed by atoms with Crippen molar-refractivity contribution in [3.8, 4) is 6.07 Å². The number of ketones is 1. The summed E-state index contributed by atoms with van der Waals surface area (Å²) in [6.45, 7) is 1.32. The molecule has 2 heterocycles. The van der Waals surface area contributed by atoms with Crippen molar-refractivity contribution in [1.29, 1.82) is 5.26 Å². The van der Waals surface area contributed by atoms with E-state index in [1.54, 1.807) is 24.6 Å². The number of nitrogens with zero attached hydrogens (tertiary/aromatic N) is 2. The zero-order chi connectivity index (χ0) is 17.1. The van der Waals surface area contributed by atoms with Crippen molar-refractivity contribution >= 4 is 34.0 Å². The quantitative estimate of drug-likeness (QED) is 0.721. The van der Waals surface area contributed by atoms with E-state index in [4.69, 9.17) is 4.74 Å². The van der Waals surface area contributed by atoms with Crippen LogP contribution in [-0.2, 0) is 9.53 Å². The molecule has 0 amide bonds. The zero-order valence-electron chi connectivity index (χ0n) is 12.8. The number of aryl methyl sites for hydroxylation is 1. The predicted molar refractivity (Wildman–Crippen MR) is 88.8 cm³/mol. The summed E-state index contributed by atoms with van der Waals surface area (Å²) in [4.78, 5) is 31.5. The molecule has 2 aromatic heterocycles. The molecule has 0 unspecified atom stereocenters. The average molecular weight is 339 g/mol. The first-order valence-electron chi connectivity index (χ1n) is 7.17. The van der Waals surface area contributed by atoms with E-state index < -0.39 is 24.3 Å². The molecule has 0 radical (unpaired) electrons. The third-order valence-corrected chi connectivity index (χ3v) is 4.52. The maximum atomic E-state index is 12.2. The van der Waals surface area contributed by atoms with E-state index in [2.05, 4.69) is 9.97 Å². The second-order valence-electron chi connectivity index (χ2n) is 5.18. The molecule has 24 heavy (non-hydrogen) atoms. The first kappa shape index (κ1) is 15.9. The van der Waals surface area contributed by atoms with Crippen LogP contribution in [0, 0.1) is 18.3 Å². The van der Waals surface area contributed by atoms with Gasteiger partial charge in [-0.1, -0.05) is 18.2 Å². The molecule has 6 nitrogen and oxygen atoms in total. The number of H-pyrrole nitrogens is 1. The number of ether oxygens (including phenoxy) is 1. The topological polar surface area (TPSA) is 95.8 Å². The molecule has 1 N–H and O–H groups in total. The highest BCUT2D eigenvalue weighted by molar-refractivity contribution is 7.09. The van der Waals surface area contributed by atoms with Gasteiger partial charge >= 0.3 is 5.97 Å². The molecule has 0 bridgehead atoms. The Balaban J connectivity index is 1.69. The zero-order valence-corrected chi connectivity index (χ0v) is 13.6. The number of aromatic nitrogens is 2. The third kappa shape index (κ3) is 3.05. The number of nitriles is 1. The van der Waals surface area contributed by atoms with Crippen molar-refractivity contribution in [3.63, 3.8) is 0 Å². The summed E-state index contributed by atoms with van der Waals surface area (Å²) in [5.41, 5.74) is 1.92. The summed E-state index contributed by atoms with van der Waals surface area (Å²) in [6, 6.07) is 9.22. The van der Waals surface area contributed by atoms with E-state index in [9.17, 15) is 14.9 Å². The van der Waals surface area contributed by atoms with E-state index >= 15 is 0 Å². The minimum absolute atomic E-state index is 0.358. The number of hydrogen-bond acceptors (Lipinski definition) is 6. The number of para-hydroxylation sites is 1. The van der Waals surface area contributed by atoms with E-state index in [1.807, 2.05) is 24.3 Å². The highest BCUT2D eigenvalue weighted by Gasteiger charge is 2.25. The number of fused-ring (bicyclic) bond motifs is 1. The van der Waals surface area contributed by atoms with Gasteiger partial charge in [0.25, 0.3) is 0 Å². The summed E-state index contributed by atoms with van der Waals surface area (Å²) in [7, 11) is 0. The van der Waals surface area contributed by atoms with Crippen LogP contribution < -0.4 is 0 Å². The smallest absolute Gasteiger partial charge is 0.340 e. The van der Waals surface area contributed by atoms with Gasteiger partial charge in [-0.15, -0.1) is 11.3 Å². The minimum atomic E-state index is -1.01. The molecule has 0 saturated heterocycles. The van der Waals surface area contributed by atoms with Gasteiger partial charge in [-0.3, -0.25) is 4.79 Å². The van der Waals surface area contributed by atoms with Crippen LogP contribution in [0.15, 0.2) is 35.8 Å². The lowest BCUT2D eigenvalue weighted by atomic mass is 10.1. The normalized spacial score (nSPS) is 11.8. The van der Waals surface area contributed by atoms with E-state index in [0.29, 0.717) is 10.6 Å². The summed E-state index contributed by atoms with van der Waals surface area (Å²) in [6.07, 6.45) is 1.55. The summed E-state index contributed by atoms with van der Waals surface area (Å²) in [5.74, 6) is -2.10. The molecular formula is C17H13N3O3S. The van der Waals surface area contributed by atoms with Crippen LogP contribution in [0.3, 0.4) is 0 Å². The Hall–Kier alpha value is -2.98. The van der Waals surface area contributed by atoms with Gasteiger partial charge in [0.2, 0.25) is 0 Å². The molecule has 0 aliphatic rings. The number of carbonyl (C=O) groups excluding carboxylic acids is 2. The fourth-order valence-electron chi connectivity index (χ4n) is 2.31. The van der Waals surface area contributed by atoms with Crippen LogP contribution in [0.4, 0.5) is 0 Å². The Morgan fingerprint density at radius 3 is 2.92 bits per heavy atom. The number of thiazole rings is 1. The molecule has 7 heteroatoms. The molecule has 120 valence electrons. The summed E-state index contributed by atoms with van der Waals surface area (Å²) >= 11 is 1.24. The fraction of sp³-hybridized carbons (Fsp3) is 0.176. The van der Waals surface area contributed by atoms with Gasteiger partial charge in [-0.2, -0.15) is 5.26 Å². The number of hydrogen-bond donors (Lipinski definition) is 1. The molecule has 0 spiro atoms. The van der Waals surface area contributed by atoms with E-state index in [-0.39, 0.29) is 0 Å². The second kappa shape index (κ2) is 6.64. The predicted octanol–water partition coefficient (Wildman–Crippen LogP) is 2.97. The van der Waals surface area contributed by atoms with Gasteiger partial charge in [-0.05, 0) is 13.0 Å². The highest BCUT2D eigenvalue weighted by Crippen LogP contribution is 2.22. The first-order valence-corrected chi connectivity index (χ1v) is 8.05. The third-order valence-electron chi connectivity index (χ3n) is 3.49. The Morgan fingerprint density at radius 2 is 2.21 bits per heavy atom. The average Bonchev–Trinajstić information content (AvgIpc) is 3.20. The number of Topliss-reactive ketones (excluding diaryl/α,β-unsaturated/α-hetero) is 1. The van der Waals surface area contributed by atoms with Crippen LogP contribution in [-0.4, -0.2) is 28.3 Å². The number of benzene rings is 1. The number of aromatic amines is 1. The minimum Gasteiger partial charge on any atom is -0.454 e. The number of nitrogens with one attached hydrogen (secondary N) is 1. The van der Waals surface area contributed by atoms with Crippen molar-refractivity contribution < 1.29 is 14.3 Å². The maximum Gasteiger partial charge on any atom is 0.340 e. The molecule has 0 fully saturated rings. The summed E-state index contributed by atoms with van der Waals surface area (Å²) in [5, 5.41) is 12.1. The van der Waals surface area contributed by atoms with Crippen LogP contribution in [0.25, 0.3) is 10.9 Å². The SMILES string of the molecule is Cc1csc([C@H](C#N)C(=O)COC(=O)c2c[nH]c3ccccc23)n1. The summed E-state index contributed by atoms with van der Waals surface area (Å²) < 4.78 is 5.08. The van der Waals surface area contributed by atoms with Crippen molar-refractivity contribution in [1.82, 2.24) is 9.97 Å². The lowest BCUT2D eigenvalue weighted by Gasteiger charge is -2.06. The lowest BCUT2D eigenvalue weighted by molar-refractivity contribution is -0.122. The Labute approximate surface area is 141 Å². The van der Waals surface area contributed by atoms with E-state index in [1.165, 1.54) is 11.3 Å². The molecule has 3 rings (SSSR count). The van der Waals surface area contributed by atoms with Crippen LogP contribution in [0.5, 0.6) is 0 Å². The molecule has 0 aliphatic heterocycles. The van der Waals surface area contributed by atoms with Crippen molar-refractivity contribution in [2.45, 2.75) is 12.8 Å². The Bertz CT molecular complexity index is 951. The van der Waals surface area contributed by atoms with Gasteiger partial charge in [0.15, 0.2) is 18.3 Å². The van der Waals surface area contributed by atoms with Gasteiger partial charge in [-0.25, -0.2) is 9.78 Å². The van der Waals surface area contributed by atoms with Gasteiger partial charge in [0, 0.05) is 28.2 Å². The molecule has 1 atom stereocenters. The number of rotatable bonds is 5. The molecule has 3 aromatic rings.